The zero-order valence-corrected chi connectivity index (χ0v) is 16.3. The maximum Gasteiger partial charge on any atom is 0.320 e. The van der Waals surface area contributed by atoms with Crippen LogP contribution in [-0.2, 0) is 4.79 Å². The minimum absolute atomic E-state index is 0.0847. The highest BCUT2D eigenvalue weighted by atomic mass is 19.3. The van der Waals surface area contributed by atoms with Gasteiger partial charge in [-0.3, -0.25) is 9.36 Å². The van der Waals surface area contributed by atoms with E-state index in [1.165, 1.54) is 12.2 Å². The second-order valence-electron chi connectivity index (χ2n) is 6.70. The monoisotopic (exact) mass is 411 g/mol. The van der Waals surface area contributed by atoms with Crippen molar-refractivity contribution < 1.29 is 22.7 Å². The van der Waals surface area contributed by atoms with Crippen molar-refractivity contribution in [2.24, 2.45) is 0 Å². The van der Waals surface area contributed by atoms with Gasteiger partial charge in [0, 0.05) is 11.5 Å². The highest BCUT2D eigenvalue weighted by molar-refractivity contribution is 5.93. The van der Waals surface area contributed by atoms with E-state index in [0.717, 1.165) is 9.95 Å². The van der Waals surface area contributed by atoms with Crippen LogP contribution in [0.2, 0.25) is 0 Å². The third kappa shape index (κ3) is 3.63. The van der Waals surface area contributed by atoms with Crippen LogP contribution in [0.1, 0.15) is 31.1 Å². The number of imidazole rings is 1. The Hall–Kier alpha value is -3.68. The molecular formula is C22H19F2N3O3. The topological polar surface area (TPSA) is 69.3 Å². The molecule has 0 bridgehead atoms. The molecule has 1 unspecified atom stereocenters. The third-order valence-electron chi connectivity index (χ3n) is 4.71. The van der Waals surface area contributed by atoms with Gasteiger partial charge in [-0.2, -0.15) is 8.78 Å². The zero-order chi connectivity index (χ0) is 21.3. The number of amides is 1. The Bertz CT molecular complexity index is 1240. The van der Waals surface area contributed by atoms with Crippen molar-refractivity contribution in [3.8, 4) is 5.75 Å². The molecule has 0 aliphatic rings. The number of methoxy groups -OCH3 is 1. The number of furan rings is 1. The molecule has 4 rings (SSSR count). The van der Waals surface area contributed by atoms with Crippen LogP contribution in [0.3, 0.4) is 0 Å². The summed E-state index contributed by atoms with van der Waals surface area (Å²) in [6.45, 7) is -1.16. The Balaban J connectivity index is 1.53. The van der Waals surface area contributed by atoms with Gasteiger partial charge in [0.1, 0.15) is 11.6 Å². The highest BCUT2D eigenvalue weighted by Gasteiger charge is 2.22. The number of carbonyl (C=O) groups excluding carboxylic acids is 1. The van der Waals surface area contributed by atoms with Crippen LogP contribution in [0.15, 0.2) is 59.0 Å². The number of aromatic nitrogens is 2. The molecule has 2 aromatic carbocycles. The van der Waals surface area contributed by atoms with E-state index in [2.05, 4.69) is 10.3 Å². The molecule has 154 valence electrons. The molecule has 2 aromatic heterocycles. The lowest BCUT2D eigenvalue weighted by atomic mass is 10.2. The van der Waals surface area contributed by atoms with Gasteiger partial charge in [-0.1, -0.05) is 24.3 Å². The lowest BCUT2D eigenvalue weighted by Gasteiger charge is -2.14. The second kappa shape index (κ2) is 7.98. The summed E-state index contributed by atoms with van der Waals surface area (Å²) in [6.07, 6.45) is 2.80. The summed E-state index contributed by atoms with van der Waals surface area (Å²) in [7, 11) is 1.55. The molecule has 30 heavy (non-hydrogen) atoms. The van der Waals surface area contributed by atoms with Gasteiger partial charge in [-0.25, -0.2) is 4.98 Å². The number of halogens is 2. The third-order valence-corrected chi connectivity index (χ3v) is 4.71. The van der Waals surface area contributed by atoms with Gasteiger partial charge in [0.25, 0.3) is 0 Å². The van der Waals surface area contributed by atoms with E-state index in [1.54, 1.807) is 50.4 Å². The predicted octanol–water partition coefficient (Wildman–Crippen LogP) is 5.08. The van der Waals surface area contributed by atoms with Crippen LogP contribution >= 0.6 is 0 Å². The maximum atomic E-state index is 13.6. The lowest BCUT2D eigenvalue weighted by molar-refractivity contribution is -0.117. The van der Waals surface area contributed by atoms with E-state index in [0.29, 0.717) is 28.1 Å². The van der Waals surface area contributed by atoms with E-state index < -0.39 is 18.5 Å². The molecule has 2 heterocycles. The average Bonchev–Trinajstić information content (AvgIpc) is 3.33. The number of nitrogens with one attached hydrogen (secondary N) is 1. The SMILES string of the molecule is COc1cccc2cc(/C=C/C(=O)NC(C)c3nc4ccccc4n3C(F)F)oc12. The first-order valence-corrected chi connectivity index (χ1v) is 9.28. The first kappa shape index (κ1) is 19.6. The maximum absolute atomic E-state index is 13.6. The number of para-hydroxylation sites is 3. The van der Waals surface area contributed by atoms with Gasteiger partial charge in [0.05, 0.1) is 24.2 Å². The molecule has 6 nitrogen and oxygen atoms in total. The van der Waals surface area contributed by atoms with Crippen molar-refractivity contribution in [1.29, 1.82) is 0 Å². The number of carbonyl (C=O) groups is 1. The van der Waals surface area contributed by atoms with Crippen molar-refractivity contribution in [3.63, 3.8) is 0 Å². The Morgan fingerprint density at radius 1 is 1.23 bits per heavy atom. The Labute approximate surface area is 170 Å². The molecule has 1 N–H and O–H groups in total. The zero-order valence-electron chi connectivity index (χ0n) is 16.3. The number of hydrogen-bond donors (Lipinski definition) is 1. The molecule has 0 saturated heterocycles. The molecule has 8 heteroatoms. The summed E-state index contributed by atoms with van der Waals surface area (Å²) < 4.78 is 39.0. The van der Waals surface area contributed by atoms with E-state index in [4.69, 9.17) is 9.15 Å². The number of rotatable bonds is 6. The molecule has 0 spiro atoms. The van der Waals surface area contributed by atoms with E-state index in [9.17, 15) is 13.6 Å². The summed E-state index contributed by atoms with van der Waals surface area (Å²) in [6, 6.07) is 13.2. The normalized spacial score (nSPS) is 12.8. The Kier molecular flexibility index (Phi) is 5.22. The van der Waals surface area contributed by atoms with E-state index >= 15 is 0 Å². The number of benzene rings is 2. The molecule has 0 saturated carbocycles. The van der Waals surface area contributed by atoms with E-state index in [-0.39, 0.29) is 5.82 Å². The first-order valence-electron chi connectivity index (χ1n) is 9.28. The van der Waals surface area contributed by atoms with Gasteiger partial charge in [0.2, 0.25) is 5.91 Å². The van der Waals surface area contributed by atoms with Crippen molar-refractivity contribution in [2.45, 2.75) is 19.5 Å². The smallest absolute Gasteiger partial charge is 0.320 e. The summed E-state index contributed by atoms with van der Waals surface area (Å²) in [5.74, 6) is 0.692. The average molecular weight is 411 g/mol. The largest absolute Gasteiger partial charge is 0.493 e. The Morgan fingerprint density at radius 3 is 2.80 bits per heavy atom. The minimum atomic E-state index is -2.77. The van der Waals surface area contributed by atoms with Gasteiger partial charge in [0.15, 0.2) is 11.3 Å². The van der Waals surface area contributed by atoms with Crippen LogP contribution < -0.4 is 10.1 Å². The van der Waals surface area contributed by atoms with Crippen LogP contribution in [-0.4, -0.2) is 22.6 Å². The van der Waals surface area contributed by atoms with Gasteiger partial charge in [-0.05, 0) is 37.3 Å². The van der Waals surface area contributed by atoms with Gasteiger partial charge >= 0.3 is 6.55 Å². The van der Waals surface area contributed by atoms with Crippen molar-refractivity contribution in [3.05, 3.63) is 66.2 Å². The summed E-state index contributed by atoms with van der Waals surface area (Å²) in [5, 5.41) is 3.51. The van der Waals surface area contributed by atoms with Crippen LogP contribution in [0, 0.1) is 0 Å². The Morgan fingerprint density at radius 2 is 2.03 bits per heavy atom. The molecule has 0 aliphatic carbocycles. The van der Waals surface area contributed by atoms with Crippen LogP contribution in [0.25, 0.3) is 28.1 Å². The highest BCUT2D eigenvalue weighted by Crippen LogP contribution is 2.29. The standard InChI is InChI=1S/C22H19F2N3O3/c1-13(21-26-16-7-3-4-8-17(16)27(21)22(23)24)25-19(28)11-10-15-12-14-6-5-9-18(29-2)20(14)30-15/h3-13,22H,1-2H3,(H,25,28)/b11-10+. The van der Waals surface area contributed by atoms with E-state index in [1.807, 2.05) is 12.1 Å². The second-order valence-corrected chi connectivity index (χ2v) is 6.70. The fraction of sp³-hybridized carbons (Fsp3) is 0.182. The summed E-state index contributed by atoms with van der Waals surface area (Å²) >= 11 is 0. The van der Waals surface area contributed by atoms with Crippen molar-refractivity contribution >= 4 is 34.0 Å². The molecule has 1 amide bonds. The van der Waals surface area contributed by atoms with Crippen LogP contribution in [0.5, 0.6) is 5.75 Å². The number of alkyl halides is 2. The lowest BCUT2D eigenvalue weighted by Crippen LogP contribution is -2.27. The predicted molar refractivity (Wildman–Crippen MR) is 109 cm³/mol. The van der Waals surface area contributed by atoms with Gasteiger partial charge < -0.3 is 14.5 Å². The summed E-state index contributed by atoms with van der Waals surface area (Å²) in [5.41, 5.74) is 1.34. The number of nitrogens with zero attached hydrogens (tertiary/aromatic N) is 2. The number of fused-ring (bicyclic) bond motifs is 2. The minimum Gasteiger partial charge on any atom is -0.493 e. The molecular weight excluding hydrogens is 392 g/mol. The molecule has 4 aromatic rings. The molecule has 0 radical (unpaired) electrons. The number of hydrogen-bond acceptors (Lipinski definition) is 4. The van der Waals surface area contributed by atoms with Crippen molar-refractivity contribution in [1.82, 2.24) is 14.9 Å². The van der Waals surface area contributed by atoms with Gasteiger partial charge in [-0.15, -0.1) is 0 Å². The fourth-order valence-corrected chi connectivity index (χ4v) is 3.36. The fourth-order valence-electron chi connectivity index (χ4n) is 3.36. The summed E-state index contributed by atoms with van der Waals surface area (Å²) in [4.78, 5) is 16.6. The molecule has 0 aliphatic heterocycles. The molecule has 1 atom stereocenters. The number of ether oxygens (including phenoxy) is 1. The van der Waals surface area contributed by atoms with Crippen LogP contribution in [0.4, 0.5) is 8.78 Å². The quantitative estimate of drug-likeness (QED) is 0.450. The molecule has 0 fully saturated rings. The van der Waals surface area contributed by atoms with Crippen molar-refractivity contribution in [2.75, 3.05) is 7.11 Å². The first-order chi connectivity index (χ1) is 14.5.